The van der Waals surface area contributed by atoms with E-state index in [-0.39, 0.29) is 18.2 Å². The van der Waals surface area contributed by atoms with Gasteiger partial charge in [0.15, 0.2) is 5.78 Å². The number of carbonyl (C=O) groups excluding carboxylic acids is 1. The van der Waals surface area contributed by atoms with Crippen LogP contribution >= 0.6 is 12.4 Å². The van der Waals surface area contributed by atoms with Gasteiger partial charge in [0.1, 0.15) is 0 Å². The van der Waals surface area contributed by atoms with Crippen LogP contribution < -0.4 is 0 Å². The van der Waals surface area contributed by atoms with Crippen LogP contribution in [0.2, 0.25) is 0 Å². The molecule has 4 aromatic rings. The molecule has 0 spiro atoms. The van der Waals surface area contributed by atoms with Gasteiger partial charge in [0.05, 0.1) is 0 Å². The Morgan fingerprint density at radius 3 is 1.34 bits per heavy atom. The second-order valence-corrected chi connectivity index (χ2v) is 9.31. The van der Waals surface area contributed by atoms with Gasteiger partial charge in [-0.3, -0.25) is 4.79 Å². The van der Waals surface area contributed by atoms with Gasteiger partial charge < -0.3 is 18.9 Å². The number of halogens is 1. The van der Waals surface area contributed by atoms with E-state index in [0.29, 0.717) is 0 Å². The fourth-order valence-electron chi connectivity index (χ4n) is 4.11. The molecule has 0 amide bonds. The van der Waals surface area contributed by atoms with Crippen LogP contribution in [0, 0.1) is 0 Å². The van der Waals surface area contributed by atoms with Gasteiger partial charge in [0.2, 0.25) is 0 Å². The molecule has 0 bridgehead atoms. The summed E-state index contributed by atoms with van der Waals surface area (Å²) in [5, 5.41) is 0. The van der Waals surface area contributed by atoms with Crippen LogP contribution in [0.15, 0.2) is 85.5 Å². The van der Waals surface area contributed by atoms with Crippen molar-refractivity contribution in [3.05, 3.63) is 96.6 Å². The van der Waals surface area contributed by atoms with Crippen LogP contribution in [0.4, 0.5) is 0 Å². The summed E-state index contributed by atoms with van der Waals surface area (Å²) in [5.41, 5.74) is 5.55. The molecule has 2 aromatic carbocycles. The van der Waals surface area contributed by atoms with Gasteiger partial charge in [-0.1, -0.05) is 60.7 Å². The Hall–Kier alpha value is -3.12. The third-order valence-electron chi connectivity index (χ3n) is 6.03. The lowest BCUT2D eigenvalue weighted by atomic mass is 9.95. The molecule has 184 valence electrons. The van der Waals surface area contributed by atoms with Crippen LogP contribution in [0.3, 0.4) is 0 Å². The van der Waals surface area contributed by atoms with Crippen molar-refractivity contribution in [1.82, 2.24) is 18.9 Å². The molecular weight excluding hydrogens is 456 g/mol. The smallest absolute Gasteiger partial charge is 0.197 e. The van der Waals surface area contributed by atoms with Crippen molar-refractivity contribution in [3.63, 3.8) is 0 Å². The minimum atomic E-state index is 0. The second-order valence-electron chi connectivity index (χ2n) is 9.31. The molecule has 0 saturated heterocycles. The van der Waals surface area contributed by atoms with E-state index in [1.165, 1.54) is 0 Å². The lowest BCUT2D eigenvalue weighted by Gasteiger charge is -2.09. The maximum absolute atomic E-state index is 14.1. The fourth-order valence-corrected chi connectivity index (χ4v) is 4.11. The lowest BCUT2D eigenvalue weighted by molar-refractivity contribution is 0.103. The normalized spacial score (nSPS) is 11.1. The van der Waals surface area contributed by atoms with Crippen molar-refractivity contribution >= 4 is 18.2 Å². The lowest BCUT2D eigenvalue weighted by Crippen LogP contribution is -2.17. The standard InChI is InChI=1S/C29H34N4O.ClH/c1-30(2)15-17-32-19-25(23-11-7-5-8-12-23)27(21-32)29(34)28-22-33(18-16-31(3)4)20-26(28)24-13-9-6-10-14-24;/h5-14,19-22H,15-18H2,1-4H3;1H. The molecule has 0 aliphatic rings. The number of hydrogen-bond donors (Lipinski definition) is 0. The average molecular weight is 491 g/mol. The van der Waals surface area contributed by atoms with Gasteiger partial charge in [-0.2, -0.15) is 0 Å². The Morgan fingerprint density at radius 1 is 0.629 bits per heavy atom. The minimum Gasteiger partial charge on any atom is -0.352 e. The van der Waals surface area contributed by atoms with Crippen LogP contribution in [0.5, 0.6) is 0 Å². The van der Waals surface area contributed by atoms with Crippen LogP contribution in [0.1, 0.15) is 15.9 Å². The third kappa shape index (κ3) is 6.51. The number of aromatic nitrogens is 2. The number of hydrogen-bond acceptors (Lipinski definition) is 3. The topological polar surface area (TPSA) is 33.4 Å². The summed E-state index contributed by atoms with van der Waals surface area (Å²) in [5.74, 6) is 0.0601. The highest BCUT2D eigenvalue weighted by Crippen LogP contribution is 2.31. The Morgan fingerprint density at radius 2 is 1.00 bits per heavy atom. The van der Waals surface area contributed by atoms with E-state index in [1.54, 1.807) is 0 Å². The monoisotopic (exact) mass is 490 g/mol. The van der Waals surface area contributed by atoms with Gasteiger partial charge in [-0.15, -0.1) is 12.4 Å². The largest absolute Gasteiger partial charge is 0.352 e. The van der Waals surface area contributed by atoms with Gasteiger partial charge >= 0.3 is 0 Å². The molecule has 2 aromatic heterocycles. The van der Waals surface area contributed by atoms with Gasteiger partial charge in [0.25, 0.3) is 0 Å². The van der Waals surface area contributed by atoms with Crippen molar-refractivity contribution in [2.45, 2.75) is 13.1 Å². The molecule has 0 atom stereocenters. The molecule has 0 N–H and O–H groups in total. The molecule has 0 fully saturated rings. The first-order valence-electron chi connectivity index (χ1n) is 11.8. The van der Waals surface area contributed by atoms with Crippen LogP contribution in [0.25, 0.3) is 22.3 Å². The van der Waals surface area contributed by atoms with Crippen molar-refractivity contribution < 1.29 is 4.79 Å². The van der Waals surface area contributed by atoms with Gasteiger partial charge in [-0.25, -0.2) is 0 Å². The predicted molar refractivity (Wildman–Crippen MR) is 148 cm³/mol. The Bertz CT molecular complexity index is 1130. The first-order chi connectivity index (χ1) is 16.4. The SMILES string of the molecule is CN(C)CCn1cc(C(=O)c2cn(CCN(C)C)cc2-c2ccccc2)c(-c2ccccc2)c1.Cl. The van der Waals surface area contributed by atoms with E-state index in [9.17, 15) is 4.79 Å². The summed E-state index contributed by atoms with van der Waals surface area (Å²) in [4.78, 5) is 18.4. The van der Waals surface area contributed by atoms with Crippen molar-refractivity contribution in [3.8, 4) is 22.3 Å². The van der Waals surface area contributed by atoms with E-state index in [0.717, 1.165) is 59.6 Å². The number of benzene rings is 2. The van der Waals surface area contributed by atoms with E-state index in [1.807, 2.05) is 48.8 Å². The molecular formula is C29H35ClN4O. The van der Waals surface area contributed by atoms with E-state index >= 15 is 0 Å². The maximum Gasteiger partial charge on any atom is 0.197 e. The summed E-state index contributed by atoms with van der Waals surface area (Å²) in [6.07, 6.45) is 8.24. The second kappa shape index (κ2) is 12.0. The van der Waals surface area contributed by atoms with Crippen molar-refractivity contribution in [1.29, 1.82) is 0 Å². The van der Waals surface area contributed by atoms with E-state index in [2.05, 4.69) is 83.8 Å². The molecule has 0 saturated carbocycles. The molecule has 4 rings (SSSR count). The van der Waals surface area contributed by atoms with E-state index < -0.39 is 0 Å². The highest BCUT2D eigenvalue weighted by atomic mass is 35.5. The molecule has 0 aliphatic heterocycles. The summed E-state index contributed by atoms with van der Waals surface area (Å²) in [7, 11) is 8.26. The van der Waals surface area contributed by atoms with Crippen LogP contribution in [-0.4, -0.2) is 66.0 Å². The number of carbonyl (C=O) groups is 1. The molecule has 2 heterocycles. The Balaban J connectivity index is 0.00000342. The molecule has 5 nitrogen and oxygen atoms in total. The van der Waals surface area contributed by atoms with Crippen LogP contribution in [-0.2, 0) is 13.1 Å². The predicted octanol–water partition coefficient (Wildman–Crippen LogP) is 5.40. The summed E-state index contributed by atoms with van der Waals surface area (Å²) in [6, 6.07) is 20.4. The summed E-state index contributed by atoms with van der Waals surface area (Å²) < 4.78 is 4.28. The highest BCUT2D eigenvalue weighted by Gasteiger charge is 2.22. The highest BCUT2D eigenvalue weighted by molar-refractivity contribution is 6.16. The zero-order valence-corrected chi connectivity index (χ0v) is 21.8. The Kier molecular flexibility index (Phi) is 9.10. The first kappa shape index (κ1) is 26.5. The summed E-state index contributed by atoms with van der Waals surface area (Å²) >= 11 is 0. The maximum atomic E-state index is 14.1. The van der Waals surface area contributed by atoms with Gasteiger partial charge in [0, 0.05) is 73.2 Å². The molecule has 0 radical (unpaired) electrons. The molecule has 6 heteroatoms. The van der Waals surface area contributed by atoms with Crippen molar-refractivity contribution in [2.75, 3.05) is 41.3 Å². The fraction of sp³-hybridized carbons (Fsp3) is 0.276. The van der Waals surface area contributed by atoms with Crippen molar-refractivity contribution in [2.24, 2.45) is 0 Å². The Labute approximate surface area is 215 Å². The average Bonchev–Trinajstić information content (AvgIpc) is 3.47. The number of likely N-dealkylation sites (N-methyl/N-ethyl adjacent to an activating group) is 2. The third-order valence-corrected chi connectivity index (χ3v) is 6.03. The quantitative estimate of drug-likeness (QED) is 0.279. The van der Waals surface area contributed by atoms with E-state index in [4.69, 9.17) is 0 Å². The zero-order chi connectivity index (χ0) is 24.1. The number of nitrogens with zero attached hydrogens (tertiary/aromatic N) is 4. The zero-order valence-electron chi connectivity index (χ0n) is 21.0. The summed E-state index contributed by atoms with van der Waals surface area (Å²) in [6.45, 7) is 3.48. The molecule has 0 aliphatic carbocycles. The molecule has 35 heavy (non-hydrogen) atoms. The first-order valence-corrected chi connectivity index (χ1v) is 11.8. The molecule has 0 unspecified atom stereocenters. The minimum absolute atomic E-state index is 0. The van der Waals surface area contributed by atoms with Gasteiger partial charge in [-0.05, 0) is 39.3 Å². The number of rotatable bonds is 10. The number of ketones is 1.